The van der Waals surface area contributed by atoms with Crippen LogP contribution in [0.5, 0.6) is 17.2 Å². The summed E-state index contributed by atoms with van der Waals surface area (Å²) in [4.78, 5) is 15.9. The molecular formula is C29H33N3O6. The summed E-state index contributed by atoms with van der Waals surface area (Å²) in [6.45, 7) is 2.16. The van der Waals surface area contributed by atoms with Gasteiger partial charge in [0.05, 0.1) is 31.9 Å². The first-order valence-electron chi connectivity index (χ1n) is 12.4. The number of aromatic hydroxyl groups is 2. The van der Waals surface area contributed by atoms with Crippen LogP contribution in [0.2, 0.25) is 0 Å². The molecule has 9 heteroatoms. The van der Waals surface area contributed by atoms with Crippen LogP contribution in [0, 0.1) is 0 Å². The largest absolute Gasteiger partial charge is 0.508 e. The van der Waals surface area contributed by atoms with Crippen molar-refractivity contribution in [2.45, 2.75) is 38.6 Å². The van der Waals surface area contributed by atoms with E-state index in [4.69, 9.17) is 4.74 Å². The molecule has 2 atom stereocenters. The number of aromatic nitrogens is 1. The lowest BCUT2D eigenvalue weighted by molar-refractivity contribution is 0.0946. The van der Waals surface area contributed by atoms with Gasteiger partial charge in [-0.05, 0) is 66.9 Å². The molecule has 0 spiro atoms. The standard InChI is InChI=1S/C29H33N3O6/c1-17(30-15-27(36)19-7-9-25(34)21(12-19)16-33)10-18-6-8-23-20(11-18)13-24(32-23)29(37)31-14-22-26(35)4-3-5-28(22)38-2/h3-9,11-13,17,27,30,32-36H,10,14-16H2,1-2H3,(H,31,37)/t17-,27-/m1/s1. The van der Waals surface area contributed by atoms with Crippen LogP contribution in [0.4, 0.5) is 0 Å². The van der Waals surface area contributed by atoms with E-state index in [-0.39, 0.29) is 36.6 Å². The lowest BCUT2D eigenvalue weighted by Crippen LogP contribution is -2.32. The van der Waals surface area contributed by atoms with Gasteiger partial charge in [0, 0.05) is 29.1 Å². The van der Waals surface area contributed by atoms with Gasteiger partial charge >= 0.3 is 0 Å². The summed E-state index contributed by atoms with van der Waals surface area (Å²) in [5.41, 5.74) is 3.82. The Hall–Kier alpha value is -4.05. The topological polar surface area (TPSA) is 147 Å². The number of H-pyrrole nitrogens is 1. The molecule has 3 aromatic carbocycles. The van der Waals surface area contributed by atoms with Crippen LogP contribution in [0.1, 0.15) is 45.8 Å². The Morgan fingerprint density at radius 2 is 1.87 bits per heavy atom. The quantitative estimate of drug-likeness (QED) is 0.161. The minimum Gasteiger partial charge on any atom is -0.508 e. The van der Waals surface area contributed by atoms with E-state index < -0.39 is 6.10 Å². The molecule has 0 saturated carbocycles. The smallest absolute Gasteiger partial charge is 0.268 e. The lowest BCUT2D eigenvalue weighted by atomic mass is 10.0. The number of benzene rings is 3. The number of aliphatic hydroxyl groups excluding tert-OH is 2. The van der Waals surface area contributed by atoms with Crippen LogP contribution in [0.15, 0.2) is 60.7 Å². The molecule has 0 fully saturated rings. The van der Waals surface area contributed by atoms with Gasteiger partial charge in [0.1, 0.15) is 22.9 Å². The third-order valence-electron chi connectivity index (χ3n) is 6.54. The van der Waals surface area contributed by atoms with E-state index in [0.29, 0.717) is 41.1 Å². The van der Waals surface area contributed by atoms with Crippen LogP contribution >= 0.6 is 0 Å². The van der Waals surface area contributed by atoms with Crippen LogP contribution in [0.3, 0.4) is 0 Å². The molecule has 0 unspecified atom stereocenters. The van der Waals surface area contributed by atoms with Gasteiger partial charge in [0.25, 0.3) is 5.91 Å². The monoisotopic (exact) mass is 519 g/mol. The summed E-state index contributed by atoms with van der Waals surface area (Å²) in [6, 6.07) is 17.5. The maximum atomic E-state index is 12.8. The number of rotatable bonds is 11. The zero-order chi connectivity index (χ0) is 27.2. The predicted octanol–water partition coefficient (Wildman–Crippen LogP) is 3.26. The fourth-order valence-corrected chi connectivity index (χ4v) is 4.41. The fourth-order valence-electron chi connectivity index (χ4n) is 4.41. The molecule has 0 radical (unpaired) electrons. The van der Waals surface area contributed by atoms with E-state index in [9.17, 15) is 25.2 Å². The molecule has 0 bridgehead atoms. The van der Waals surface area contributed by atoms with Crippen molar-refractivity contribution in [1.29, 1.82) is 0 Å². The number of phenolic OH excluding ortho intramolecular Hbond substituents is 1. The molecular weight excluding hydrogens is 486 g/mol. The van der Waals surface area contributed by atoms with E-state index in [0.717, 1.165) is 16.5 Å². The summed E-state index contributed by atoms with van der Waals surface area (Å²) >= 11 is 0. The second kappa shape index (κ2) is 12.0. The molecule has 7 N–H and O–H groups in total. The molecule has 1 amide bonds. The normalized spacial score (nSPS) is 12.8. The first kappa shape index (κ1) is 27.0. The minimum absolute atomic E-state index is 0.00119. The van der Waals surface area contributed by atoms with Gasteiger partial charge in [0.2, 0.25) is 0 Å². The number of phenols is 2. The van der Waals surface area contributed by atoms with E-state index in [2.05, 4.69) is 15.6 Å². The minimum atomic E-state index is -0.783. The number of hydrogen-bond acceptors (Lipinski definition) is 7. The highest BCUT2D eigenvalue weighted by Crippen LogP contribution is 2.27. The van der Waals surface area contributed by atoms with E-state index in [1.807, 2.05) is 25.1 Å². The maximum Gasteiger partial charge on any atom is 0.268 e. The highest BCUT2D eigenvalue weighted by Gasteiger charge is 2.15. The Morgan fingerprint density at radius 1 is 1.05 bits per heavy atom. The van der Waals surface area contributed by atoms with Gasteiger partial charge in [0.15, 0.2) is 0 Å². The number of aromatic amines is 1. The Labute approximate surface area is 220 Å². The van der Waals surface area contributed by atoms with Crippen molar-refractivity contribution in [3.63, 3.8) is 0 Å². The summed E-state index contributed by atoms with van der Waals surface area (Å²) < 4.78 is 5.27. The summed E-state index contributed by atoms with van der Waals surface area (Å²) in [7, 11) is 1.51. The van der Waals surface area contributed by atoms with Crippen LogP contribution in [-0.4, -0.2) is 51.0 Å². The highest BCUT2D eigenvalue weighted by atomic mass is 16.5. The average molecular weight is 520 g/mol. The van der Waals surface area contributed by atoms with Crippen molar-refractivity contribution >= 4 is 16.8 Å². The second-order valence-electron chi connectivity index (χ2n) is 9.32. The Bertz CT molecular complexity index is 1420. The van der Waals surface area contributed by atoms with Crippen molar-refractivity contribution in [3.8, 4) is 17.2 Å². The molecule has 38 heavy (non-hydrogen) atoms. The number of nitrogens with one attached hydrogen (secondary N) is 3. The molecule has 4 aromatic rings. The molecule has 0 aliphatic heterocycles. The zero-order valence-electron chi connectivity index (χ0n) is 21.4. The number of methoxy groups -OCH3 is 1. The van der Waals surface area contributed by atoms with Gasteiger partial charge < -0.3 is 40.8 Å². The Kier molecular flexibility index (Phi) is 8.52. The second-order valence-corrected chi connectivity index (χ2v) is 9.32. The first-order chi connectivity index (χ1) is 18.3. The number of aliphatic hydroxyl groups is 2. The van der Waals surface area contributed by atoms with Crippen LogP contribution in [0.25, 0.3) is 10.9 Å². The molecule has 9 nitrogen and oxygen atoms in total. The Morgan fingerprint density at radius 3 is 2.63 bits per heavy atom. The van der Waals surface area contributed by atoms with Crippen LogP contribution < -0.4 is 15.4 Å². The van der Waals surface area contributed by atoms with Gasteiger partial charge in [-0.3, -0.25) is 4.79 Å². The third-order valence-corrected chi connectivity index (χ3v) is 6.54. The number of hydrogen-bond donors (Lipinski definition) is 7. The molecule has 4 rings (SSSR count). The number of fused-ring (bicyclic) bond motifs is 1. The first-order valence-corrected chi connectivity index (χ1v) is 12.4. The fraction of sp³-hybridized carbons (Fsp3) is 0.276. The zero-order valence-corrected chi connectivity index (χ0v) is 21.4. The number of ether oxygens (including phenoxy) is 1. The SMILES string of the molecule is COc1cccc(O)c1CNC(=O)c1cc2cc(C[C@@H](C)NC[C@@H](O)c3ccc(O)c(CO)c3)ccc2[nH]1. The van der Waals surface area contributed by atoms with Gasteiger partial charge in [-0.2, -0.15) is 0 Å². The lowest BCUT2D eigenvalue weighted by Gasteiger charge is -2.18. The van der Waals surface area contributed by atoms with Gasteiger partial charge in [-0.25, -0.2) is 0 Å². The highest BCUT2D eigenvalue weighted by molar-refractivity contribution is 5.98. The van der Waals surface area contributed by atoms with Crippen LogP contribution in [-0.2, 0) is 19.6 Å². The van der Waals surface area contributed by atoms with Crippen molar-refractivity contribution in [3.05, 3.63) is 88.6 Å². The number of carbonyl (C=O) groups excluding carboxylic acids is 1. The van der Waals surface area contributed by atoms with Gasteiger partial charge in [-0.1, -0.05) is 18.2 Å². The van der Waals surface area contributed by atoms with E-state index >= 15 is 0 Å². The van der Waals surface area contributed by atoms with E-state index in [1.165, 1.54) is 13.2 Å². The van der Waals surface area contributed by atoms with E-state index in [1.54, 1.807) is 36.4 Å². The molecule has 200 valence electrons. The number of carbonyl (C=O) groups is 1. The predicted molar refractivity (Wildman–Crippen MR) is 144 cm³/mol. The van der Waals surface area contributed by atoms with Crippen molar-refractivity contribution in [1.82, 2.24) is 15.6 Å². The molecule has 1 aromatic heterocycles. The molecule has 0 aliphatic rings. The maximum absolute atomic E-state index is 12.8. The average Bonchev–Trinajstić information content (AvgIpc) is 3.34. The number of amides is 1. The van der Waals surface area contributed by atoms with Gasteiger partial charge in [-0.15, -0.1) is 0 Å². The van der Waals surface area contributed by atoms with Crippen molar-refractivity contribution in [2.75, 3.05) is 13.7 Å². The molecule has 0 aliphatic carbocycles. The third kappa shape index (κ3) is 6.25. The summed E-state index contributed by atoms with van der Waals surface area (Å²) in [5.74, 6) is 0.260. The van der Waals surface area contributed by atoms with Crippen molar-refractivity contribution < 1.29 is 30.0 Å². The molecule has 1 heterocycles. The summed E-state index contributed by atoms with van der Waals surface area (Å²) in [5, 5.41) is 46.7. The molecule has 0 saturated heterocycles. The Balaban J connectivity index is 1.35. The summed E-state index contributed by atoms with van der Waals surface area (Å²) in [6.07, 6.45) is -0.0748. The van der Waals surface area contributed by atoms with Crippen molar-refractivity contribution in [2.24, 2.45) is 0 Å².